The van der Waals surface area contributed by atoms with Gasteiger partial charge in [0.1, 0.15) is 0 Å². The van der Waals surface area contributed by atoms with Crippen molar-refractivity contribution in [3.8, 4) is 0 Å². The Morgan fingerprint density at radius 1 is 1.12 bits per heavy atom. The van der Waals surface area contributed by atoms with Crippen LogP contribution in [0.2, 0.25) is 24.7 Å². The normalized spacial score (nSPS) is 14.2. The maximum atomic E-state index is 4.10. The predicted octanol–water partition coefficient (Wildman–Crippen LogP) is 2.94. The fraction of sp³-hybridized carbons (Fsp3) is 0.857. The fourth-order valence-corrected chi connectivity index (χ4v) is 0. The van der Waals surface area contributed by atoms with E-state index in [9.17, 15) is 0 Å². The van der Waals surface area contributed by atoms with Gasteiger partial charge in [-0.3, -0.25) is 0 Å². The van der Waals surface area contributed by atoms with Crippen molar-refractivity contribution in [2.45, 2.75) is 38.5 Å². The second kappa shape index (κ2) is 1.87. The molecule has 0 saturated carbocycles. The summed E-state index contributed by atoms with van der Waals surface area (Å²) in [6.45, 7) is 15.6. The van der Waals surface area contributed by atoms with Gasteiger partial charge >= 0.3 is 0 Å². The van der Waals surface area contributed by atoms with Gasteiger partial charge in [0.05, 0.1) is 0 Å². The molecule has 0 aromatic rings. The van der Waals surface area contributed by atoms with Gasteiger partial charge in [-0.2, -0.15) is 0 Å². The lowest BCUT2D eigenvalue weighted by molar-refractivity contribution is 0.807. The molecule has 0 bridgehead atoms. The van der Waals surface area contributed by atoms with Crippen LogP contribution in [0, 0.1) is 6.92 Å². The van der Waals surface area contributed by atoms with Crippen LogP contribution in [0.15, 0.2) is 0 Å². The number of hydrogen-bond acceptors (Lipinski definition) is 0. The number of hydrogen-bond donors (Lipinski definition) is 0. The Hall–Kier alpha value is 0.217. The first-order chi connectivity index (χ1) is 3.25. The first kappa shape index (κ1) is 8.22. The number of rotatable bonds is 1. The molecule has 0 heterocycles. The van der Waals surface area contributed by atoms with Gasteiger partial charge in [-0.1, -0.05) is 40.4 Å². The van der Waals surface area contributed by atoms with Crippen LogP contribution in [0.4, 0.5) is 0 Å². The van der Waals surface area contributed by atoms with E-state index in [-0.39, 0.29) is 0 Å². The van der Waals surface area contributed by atoms with E-state index in [1.54, 1.807) is 0 Å². The van der Waals surface area contributed by atoms with E-state index in [0.29, 0.717) is 5.04 Å². The van der Waals surface area contributed by atoms with E-state index in [4.69, 9.17) is 0 Å². The van der Waals surface area contributed by atoms with Gasteiger partial charge in [-0.25, -0.2) is 0 Å². The molecule has 0 N–H and O–H groups in total. The Balaban J connectivity index is 4.02. The smallest absolute Gasteiger partial charge is 0.0499 e. The minimum atomic E-state index is -0.970. The SMILES string of the molecule is [CH2]C(C)(C)[Si](C)(C)C. The summed E-state index contributed by atoms with van der Waals surface area (Å²) in [5.74, 6) is 0. The summed E-state index contributed by atoms with van der Waals surface area (Å²) < 4.78 is 0. The van der Waals surface area contributed by atoms with Crippen LogP contribution in [-0.4, -0.2) is 8.07 Å². The third-order valence-corrected chi connectivity index (χ3v) is 6.09. The Morgan fingerprint density at radius 3 is 1.25 bits per heavy atom. The van der Waals surface area contributed by atoms with E-state index in [0.717, 1.165) is 0 Å². The first-order valence-electron chi connectivity index (χ1n) is 3.10. The molecular weight excluding hydrogens is 112 g/mol. The molecule has 0 spiro atoms. The van der Waals surface area contributed by atoms with Crippen LogP contribution in [0.25, 0.3) is 0 Å². The van der Waals surface area contributed by atoms with Crippen molar-refractivity contribution in [2.24, 2.45) is 0 Å². The van der Waals surface area contributed by atoms with Crippen LogP contribution in [0.5, 0.6) is 0 Å². The summed E-state index contributed by atoms with van der Waals surface area (Å²) in [4.78, 5) is 0. The van der Waals surface area contributed by atoms with Gasteiger partial charge in [0, 0.05) is 8.07 Å². The fourth-order valence-electron chi connectivity index (χ4n) is 0. The van der Waals surface area contributed by atoms with Gasteiger partial charge < -0.3 is 0 Å². The van der Waals surface area contributed by atoms with Gasteiger partial charge in [0.25, 0.3) is 0 Å². The van der Waals surface area contributed by atoms with Crippen molar-refractivity contribution in [3.63, 3.8) is 0 Å². The molecule has 0 aliphatic rings. The molecule has 49 valence electrons. The van der Waals surface area contributed by atoms with Crippen LogP contribution >= 0.6 is 0 Å². The molecule has 1 radical (unpaired) electrons. The highest BCUT2D eigenvalue weighted by Crippen LogP contribution is 2.34. The molecule has 1 heteroatoms. The average Bonchev–Trinajstić information content (AvgIpc) is 1.25. The van der Waals surface area contributed by atoms with Crippen molar-refractivity contribution in [1.29, 1.82) is 0 Å². The summed E-state index contributed by atoms with van der Waals surface area (Å²) in [6.07, 6.45) is 0. The zero-order valence-corrected chi connectivity index (χ0v) is 7.71. The highest BCUT2D eigenvalue weighted by atomic mass is 28.3. The minimum Gasteiger partial charge on any atom is -0.0692 e. The molecule has 0 nitrogen and oxygen atoms in total. The Morgan fingerprint density at radius 2 is 1.25 bits per heavy atom. The maximum absolute atomic E-state index is 4.10. The topological polar surface area (TPSA) is 0 Å². The Kier molecular flexibility index (Phi) is 1.92. The zero-order chi connectivity index (χ0) is 7.00. The van der Waals surface area contributed by atoms with Crippen LogP contribution in [-0.2, 0) is 0 Å². The van der Waals surface area contributed by atoms with E-state index >= 15 is 0 Å². The third-order valence-electron chi connectivity index (χ3n) is 2.03. The summed E-state index contributed by atoms with van der Waals surface area (Å²) in [5, 5.41) is 0.326. The van der Waals surface area contributed by atoms with Crippen LogP contribution in [0.3, 0.4) is 0 Å². The van der Waals surface area contributed by atoms with Crippen LogP contribution < -0.4 is 0 Å². The van der Waals surface area contributed by atoms with Crippen LogP contribution in [0.1, 0.15) is 13.8 Å². The maximum Gasteiger partial charge on any atom is 0.0499 e. The first-order valence-corrected chi connectivity index (χ1v) is 6.60. The summed E-state index contributed by atoms with van der Waals surface area (Å²) in [7, 11) is -0.970. The Labute approximate surface area is 54.3 Å². The molecule has 0 fully saturated rings. The molecule has 0 saturated heterocycles. The van der Waals surface area contributed by atoms with Gasteiger partial charge in [-0.15, -0.1) is 0 Å². The van der Waals surface area contributed by atoms with Crippen molar-refractivity contribution >= 4 is 8.07 Å². The van der Waals surface area contributed by atoms with Gasteiger partial charge in [0.2, 0.25) is 0 Å². The molecular formula is C7H17Si. The lowest BCUT2D eigenvalue weighted by Crippen LogP contribution is -2.32. The molecule has 0 aromatic carbocycles. The minimum absolute atomic E-state index is 0.326. The average molecular weight is 129 g/mol. The standard InChI is InChI=1S/C7H17Si/c1-7(2,3)8(4,5)6/h1H2,2-6H3. The highest BCUT2D eigenvalue weighted by molar-refractivity contribution is 6.79. The molecule has 0 amide bonds. The summed E-state index contributed by atoms with van der Waals surface area (Å²) in [6, 6.07) is 0. The monoisotopic (exact) mass is 129 g/mol. The quantitative estimate of drug-likeness (QED) is 0.477. The summed E-state index contributed by atoms with van der Waals surface area (Å²) in [5.41, 5.74) is 0. The molecule has 0 aromatic heterocycles. The van der Waals surface area contributed by atoms with Crippen molar-refractivity contribution in [2.75, 3.05) is 0 Å². The predicted molar refractivity (Wildman–Crippen MR) is 42.7 cm³/mol. The van der Waals surface area contributed by atoms with Gasteiger partial charge in [-0.05, 0) is 5.04 Å². The van der Waals surface area contributed by atoms with E-state index in [2.05, 4.69) is 40.4 Å². The van der Waals surface area contributed by atoms with E-state index in [1.165, 1.54) is 0 Å². The lowest BCUT2D eigenvalue weighted by Gasteiger charge is -2.32. The molecule has 0 aliphatic heterocycles. The van der Waals surface area contributed by atoms with Crippen molar-refractivity contribution < 1.29 is 0 Å². The zero-order valence-electron chi connectivity index (χ0n) is 6.71. The molecule has 0 rings (SSSR count). The second-order valence-electron chi connectivity index (χ2n) is 4.13. The molecule has 8 heavy (non-hydrogen) atoms. The second-order valence-corrected chi connectivity index (χ2v) is 9.99. The van der Waals surface area contributed by atoms with E-state index < -0.39 is 8.07 Å². The van der Waals surface area contributed by atoms with E-state index in [1.807, 2.05) is 0 Å². The molecule has 0 atom stereocenters. The van der Waals surface area contributed by atoms with Crippen molar-refractivity contribution in [1.82, 2.24) is 0 Å². The third kappa shape index (κ3) is 1.99. The highest BCUT2D eigenvalue weighted by Gasteiger charge is 2.29. The van der Waals surface area contributed by atoms with Crippen molar-refractivity contribution in [3.05, 3.63) is 6.92 Å². The largest absolute Gasteiger partial charge is 0.0692 e. The molecule has 0 aliphatic carbocycles. The Bertz CT molecular complexity index is 59.4. The van der Waals surface area contributed by atoms with Gasteiger partial charge in [0.15, 0.2) is 0 Å². The lowest BCUT2D eigenvalue weighted by atomic mass is 10.2. The summed E-state index contributed by atoms with van der Waals surface area (Å²) >= 11 is 0. The molecule has 0 unspecified atom stereocenters.